The lowest BCUT2D eigenvalue weighted by Gasteiger charge is -2.08. The quantitative estimate of drug-likeness (QED) is 0.316. The van der Waals surface area contributed by atoms with E-state index in [1.807, 2.05) is 12.1 Å². The van der Waals surface area contributed by atoms with Gasteiger partial charge in [-0.15, -0.1) is 0 Å². The first-order valence-corrected chi connectivity index (χ1v) is 8.94. The highest BCUT2D eigenvalue weighted by Crippen LogP contribution is 2.12. The van der Waals surface area contributed by atoms with Gasteiger partial charge in [-0.1, -0.05) is 39.0 Å². The molecule has 0 aromatic heterocycles. The number of benzene rings is 1. The van der Waals surface area contributed by atoms with Crippen LogP contribution in [0.5, 0.6) is 5.75 Å². The van der Waals surface area contributed by atoms with Crippen molar-refractivity contribution in [3.8, 4) is 5.75 Å². The van der Waals surface area contributed by atoms with Gasteiger partial charge in [0.2, 0.25) is 0 Å². The molecule has 5 nitrogen and oxygen atoms in total. The topological polar surface area (TPSA) is 70.8 Å². The molecule has 1 aromatic rings. The summed E-state index contributed by atoms with van der Waals surface area (Å²) in [5.74, 6) is 0.630. The predicted octanol–water partition coefficient (Wildman–Crippen LogP) is 3.96. The number of nitrogens with two attached hydrogens (primary N) is 1. The third-order valence-electron chi connectivity index (χ3n) is 3.60. The molecule has 0 spiro atoms. The fourth-order valence-corrected chi connectivity index (χ4v) is 2.22. The molecule has 24 heavy (non-hydrogen) atoms. The summed E-state index contributed by atoms with van der Waals surface area (Å²) < 4.78 is 16.0. The van der Waals surface area contributed by atoms with Gasteiger partial charge in [-0.25, -0.2) is 0 Å². The lowest BCUT2D eigenvalue weighted by molar-refractivity contribution is -0.145. The van der Waals surface area contributed by atoms with Crippen LogP contribution in [0.2, 0.25) is 0 Å². The van der Waals surface area contributed by atoms with E-state index < -0.39 is 0 Å². The Balaban J connectivity index is 1.87. The van der Waals surface area contributed by atoms with Crippen LogP contribution in [0.4, 0.5) is 5.69 Å². The monoisotopic (exact) mass is 337 g/mol. The van der Waals surface area contributed by atoms with E-state index >= 15 is 0 Å². The van der Waals surface area contributed by atoms with Crippen molar-refractivity contribution in [2.24, 2.45) is 0 Å². The standard InChI is InChI=1S/C19H31NO4/c1-2-3-4-5-6-7-8-19(21)24-16-14-22-13-15-23-18-11-9-17(20)10-12-18/h9-12H,2-8,13-16,20H2,1H3. The van der Waals surface area contributed by atoms with Crippen LogP contribution < -0.4 is 10.5 Å². The van der Waals surface area contributed by atoms with Gasteiger partial charge in [-0.2, -0.15) is 0 Å². The minimum atomic E-state index is -0.132. The van der Waals surface area contributed by atoms with E-state index in [0.717, 1.165) is 18.6 Å². The van der Waals surface area contributed by atoms with Gasteiger partial charge in [-0.05, 0) is 30.7 Å². The van der Waals surface area contributed by atoms with Crippen molar-refractivity contribution in [2.75, 3.05) is 32.2 Å². The normalized spacial score (nSPS) is 10.5. The predicted molar refractivity (Wildman–Crippen MR) is 96.1 cm³/mol. The second kappa shape index (κ2) is 13.7. The zero-order valence-corrected chi connectivity index (χ0v) is 14.8. The summed E-state index contributed by atoms with van der Waals surface area (Å²) in [5, 5.41) is 0. The number of carbonyl (C=O) groups excluding carboxylic acids is 1. The van der Waals surface area contributed by atoms with E-state index in [1.54, 1.807) is 12.1 Å². The zero-order chi connectivity index (χ0) is 17.5. The summed E-state index contributed by atoms with van der Waals surface area (Å²) in [6, 6.07) is 7.22. The maximum Gasteiger partial charge on any atom is 0.305 e. The number of rotatable bonds is 14. The summed E-state index contributed by atoms with van der Waals surface area (Å²) in [6.45, 7) is 3.81. The number of nitrogen functional groups attached to an aromatic ring is 1. The summed E-state index contributed by atoms with van der Waals surface area (Å²) in [5.41, 5.74) is 6.31. The van der Waals surface area contributed by atoms with Gasteiger partial charge in [0, 0.05) is 12.1 Å². The van der Waals surface area contributed by atoms with Gasteiger partial charge < -0.3 is 19.9 Å². The SMILES string of the molecule is CCCCCCCCC(=O)OCCOCCOc1ccc(N)cc1. The molecule has 0 unspecified atom stereocenters. The van der Waals surface area contributed by atoms with Crippen LogP contribution in [0, 0.1) is 0 Å². The fourth-order valence-electron chi connectivity index (χ4n) is 2.22. The van der Waals surface area contributed by atoms with Gasteiger partial charge in [0.05, 0.1) is 13.2 Å². The minimum Gasteiger partial charge on any atom is -0.491 e. The van der Waals surface area contributed by atoms with E-state index in [1.165, 1.54) is 25.7 Å². The number of esters is 1. The van der Waals surface area contributed by atoms with Crippen LogP contribution in [0.3, 0.4) is 0 Å². The van der Waals surface area contributed by atoms with E-state index in [2.05, 4.69) is 6.92 Å². The van der Waals surface area contributed by atoms with Crippen LogP contribution in [0.1, 0.15) is 51.9 Å². The first kappa shape index (κ1) is 20.3. The first-order valence-electron chi connectivity index (χ1n) is 8.94. The van der Waals surface area contributed by atoms with Crippen molar-refractivity contribution in [1.82, 2.24) is 0 Å². The van der Waals surface area contributed by atoms with E-state index in [4.69, 9.17) is 19.9 Å². The van der Waals surface area contributed by atoms with Gasteiger partial charge >= 0.3 is 5.97 Å². The molecule has 0 heterocycles. The summed E-state index contributed by atoms with van der Waals surface area (Å²) >= 11 is 0. The Labute approximate surface area is 145 Å². The van der Waals surface area contributed by atoms with Crippen molar-refractivity contribution in [3.05, 3.63) is 24.3 Å². The Hall–Kier alpha value is -1.75. The molecule has 1 rings (SSSR count). The molecule has 0 atom stereocenters. The number of hydrogen-bond donors (Lipinski definition) is 1. The molecule has 0 aliphatic rings. The van der Waals surface area contributed by atoms with E-state index in [9.17, 15) is 4.79 Å². The van der Waals surface area contributed by atoms with Crippen LogP contribution in [-0.4, -0.2) is 32.4 Å². The molecule has 1 aromatic carbocycles. The molecule has 0 radical (unpaired) electrons. The number of anilines is 1. The average Bonchev–Trinajstić information content (AvgIpc) is 2.58. The summed E-state index contributed by atoms with van der Waals surface area (Å²) in [4.78, 5) is 11.5. The molecule has 0 aliphatic heterocycles. The molecule has 2 N–H and O–H groups in total. The van der Waals surface area contributed by atoms with Crippen molar-refractivity contribution < 1.29 is 19.0 Å². The molecular formula is C19H31NO4. The molecule has 0 amide bonds. The smallest absolute Gasteiger partial charge is 0.305 e. The van der Waals surface area contributed by atoms with E-state index in [0.29, 0.717) is 38.5 Å². The second-order valence-electron chi connectivity index (χ2n) is 5.77. The first-order chi connectivity index (χ1) is 11.7. The number of carbonyl (C=O) groups is 1. The van der Waals surface area contributed by atoms with Gasteiger partial charge in [0.25, 0.3) is 0 Å². The molecule has 0 saturated heterocycles. The third-order valence-corrected chi connectivity index (χ3v) is 3.60. The fraction of sp³-hybridized carbons (Fsp3) is 0.632. The highest BCUT2D eigenvalue weighted by molar-refractivity contribution is 5.69. The number of hydrogen-bond acceptors (Lipinski definition) is 5. The second-order valence-corrected chi connectivity index (χ2v) is 5.77. The van der Waals surface area contributed by atoms with Crippen LogP contribution in [0.25, 0.3) is 0 Å². The Morgan fingerprint density at radius 2 is 1.58 bits per heavy atom. The lowest BCUT2D eigenvalue weighted by Crippen LogP contribution is -2.13. The highest BCUT2D eigenvalue weighted by atomic mass is 16.6. The summed E-state index contributed by atoms with van der Waals surface area (Å²) in [6.07, 6.45) is 7.52. The molecular weight excluding hydrogens is 306 g/mol. The maximum absolute atomic E-state index is 11.5. The van der Waals surface area contributed by atoms with Crippen LogP contribution in [-0.2, 0) is 14.3 Å². The summed E-state index contributed by atoms with van der Waals surface area (Å²) in [7, 11) is 0. The minimum absolute atomic E-state index is 0.132. The zero-order valence-electron chi connectivity index (χ0n) is 14.8. The molecule has 0 fully saturated rings. The largest absolute Gasteiger partial charge is 0.491 e. The highest BCUT2D eigenvalue weighted by Gasteiger charge is 2.02. The van der Waals surface area contributed by atoms with Crippen molar-refractivity contribution >= 4 is 11.7 Å². The number of unbranched alkanes of at least 4 members (excludes halogenated alkanes) is 5. The average molecular weight is 337 g/mol. The van der Waals surface area contributed by atoms with Crippen molar-refractivity contribution in [3.63, 3.8) is 0 Å². The van der Waals surface area contributed by atoms with Crippen LogP contribution >= 0.6 is 0 Å². The van der Waals surface area contributed by atoms with Crippen molar-refractivity contribution in [1.29, 1.82) is 0 Å². The molecule has 5 heteroatoms. The van der Waals surface area contributed by atoms with E-state index in [-0.39, 0.29) is 5.97 Å². The Morgan fingerprint density at radius 3 is 2.33 bits per heavy atom. The van der Waals surface area contributed by atoms with Gasteiger partial charge in [0.15, 0.2) is 0 Å². The molecule has 0 bridgehead atoms. The molecule has 0 aliphatic carbocycles. The lowest BCUT2D eigenvalue weighted by atomic mass is 10.1. The Bertz CT molecular complexity index is 433. The van der Waals surface area contributed by atoms with Crippen LogP contribution in [0.15, 0.2) is 24.3 Å². The number of ether oxygens (including phenoxy) is 3. The third kappa shape index (κ3) is 10.9. The molecule has 136 valence electrons. The maximum atomic E-state index is 11.5. The Kier molecular flexibility index (Phi) is 11.6. The van der Waals surface area contributed by atoms with Gasteiger partial charge in [-0.3, -0.25) is 4.79 Å². The molecule has 0 saturated carbocycles. The van der Waals surface area contributed by atoms with Crippen molar-refractivity contribution in [2.45, 2.75) is 51.9 Å². The Morgan fingerprint density at radius 1 is 0.917 bits per heavy atom. The van der Waals surface area contributed by atoms with Gasteiger partial charge in [0.1, 0.15) is 19.0 Å².